The molecule has 0 saturated carbocycles. The molecular formula is C12H7F11O2. The van der Waals surface area contributed by atoms with Crippen LogP contribution in [0.2, 0.25) is 0 Å². The van der Waals surface area contributed by atoms with Crippen molar-refractivity contribution in [3.05, 3.63) is 35.9 Å². The minimum Gasteiger partial charge on any atom is -0.382 e. The topological polar surface area (TPSA) is 29.5 Å². The Balaban J connectivity index is 3.38. The maximum atomic E-state index is 14.0. The highest BCUT2D eigenvalue weighted by molar-refractivity contribution is 5.20. The van der Waals surface area contributed by atoms with Crippen LogP contribution in [0.4, 0.5) is 48.3 Å². The molecule has 144 valence electrons. The normalized spacial score (nSPS) is 17.9. The van der Waals surface area contributed by atoms with Gasteiger partial charge in [0.25, 0.3) is 0 Å². The SMILES string of the molecule is OC(c1ccccc1)C(F)(OC(F)(F)C(F)(F)C(F)(F)F)C(F)(F)F. The predicted octanol–water partition coefficient (Wildman–Crippen LogP) is 4.76. The number of aliphatic hydroxyl groups excluding tert-OH is 1. The number of hydrogen-bond acceptors (Lipinski definition) is 2. The standard InChI is InChI=1S/C12H7F11O2/c13-8(10(16,17)18,7(24)6-4-2-1-3-5-6)25-12(22,23)9(14,15)11(19,20)21/h1-5,7,24H. The maximum Gasteiger partial charge on any atom is 0.462 e. The number of alkyl halides is 11. The Kier molecular flexibility index (Phi) is 5.37. The average Bonchev–Trinajstić information content (AvgIpc) is 2.44. The molecule has 1 N–H and O–H groups in total. The van der Waals surface area contributed by atoms with Crippen molar-refractivity contribution in [1.82, 2.24) is 0 Å². The number of aliphatic hydroxyl groups is 1. The van der Waals surface area contributed by atoms with Crippen LogP contribution in [-0.2, 0) is 4.74 Å². The molecule has 1 aromatic rings. The quantitative estimate of drug-likeness (QED) is 0.733. The molecule has 0 spiro atoms. The van der Waals surface area contributed by atoms with Crippen LogP contribution >= 0.6 is 0 Å². The summed E-state index contributed by atoms with van der Waals surface area (Å²) in [4.78, 5) is 0. The first kappa shape index (κ1) is 21.4. The second-order valence-corrected chi connectivity index (χ2v) is 4.65. The van der Waals surface area contributed by atoms with Crippen molar-refractivity contribution in [2.45, 2.75) is 36.3 Å². The molecule has 0 aliphatic heterocycles. The van der Waals surface area contributed by atoms with E-state index in [0.717, 1.165) is 18.2 Å². The van der Waals surface area contributed by atoms with Crippen molar-refractivity contribution >= 4 is 0 Å². The molecule has 0 radical (unpaired) electrons. The van der Waals surface area contributed by atoms with Crippen LogP contribution in [0.15, 0.2) is 30.3 Å². The number of benzene rings is 1. The van der Waals surface area contributed by atoms with Gasteiger partial charge in [0, 0.05) is 0 Å². The summed E-state index contributed by atoms with van der Waals surface area (Å²) in [7, 11) is 0. The molecule has 0 bridgehead atoms. The average molecular weight is 392 g/mol. The van der Waals surface area contributed by atoms with Crippen LogP contribution in [0.1, 0.15) is 11.7 Å². The lowest BCUT2D eigenvalue weighted by Crippen LogP contribution is -2.60. The van der Waals surface area contributed by atoms with Crippen molar-refractivity contribution < 1.29 is 58.1 Å². The highest BCUT2D eigenvalue weighted by Crippen LogP contribution is 2.53. The van der Waals surface area contributed by atoms with Crippen LogP contribution in [0.5, 0.6) is 0 Å². The van der Waals surface area contributed by atoms with Crippen LogP contribution in [0.3, 0.4) is 0 Å². The fourth-order valence-electron chi connectivity index (χ4n) is 1.53. The van der Waals surface area contributed by atoms with Crippen molar-refractivity contribution in [2.24, 2.45) is 0 Å². The zero-order chi connectivity index (χ0) is 19.9. The van der Waals surface area contributed by atoms with E-state index in [1.807, 2.05) is 0 Å². The van der Waals surface area contributed by atoms with Crippen LogP contribution in [0.25, 0.3) is 0 Å². The molecule has 0 aliphatic carbocycles. The van der Waals surface area contributed by atoms with Gasteiger partial charge in [0.1, 0.15) is 6.10 Å². The lowest BCUT2D eigenvalue weighted by molar-refractivity contribution is -0.494. The smallest absolute Gasteiger partial charge is 0.382 e. The number of ether oxygens (including phenoxy) is 1. The van der Waals surface area contributed by atoms with E-state index < -0.39 is 41.9 Å². The fraction of sp³-hybridized carbons (Fsp3) is 0.500. The Hall–Kier alpha value is -1.63. The molecule has 0 amide bonds. The van der Waals surface area contributed by atoms with Crippen LogP contribution in [-0.4, -0.2) is 35.3 Å². The van der Waals surface area contributed by atoms with Gasteiger partial charge >= 0.3 is 30.2 Å². The van der Waals surface area contributed by atoms with Crippen molar-refractivity contribution in [1.29, 1.82) is 0 Å². The zero-order valence-corrected chi connectivity index (χ0v) is 11.5. The summed E-state index contributed by atoms with van der Waals surface area (Å²) < 4.78 is 142. The van der Waals surface area contributed by atoms with Gasteiger partial charge in [-0.1, -0.05) is 30.3 Å². The van der Waals surface area contributed by atoms with Gasteiger partial charge in [-0.2, -0.15) is 48.3 Å². The monoisotopic (exact) mass is 392 g/mol. The van der Waals surface area contributed by atoms with Crippen molar-refractivity contribution in [2.75, 3.05) is 0 Å². The summed E-state index contributed by atoms with van der Waals surface area (Å²) in [5, 5.41) is 9.33. The van der Waals surface area contributed by atoms with Gasteiger partial charge in [-0.05, 0) is 5.56 Å². The van der Waals surface area contributed by atoms with Gasteiger partial charge in [0.05, 0.1) is 0 Å². The first-order valence-corrected chi connectivity index (χ1v) is 5.98. The Morgan fingerprint density at radius 3 is 1.52 bits per heavy atom. The lowest BCUT2D eigenvalue weighted by Gasteiger charge is -2.37. The maximum absolute atomic E-state index is 14.0. The summed E-state index contributed by atoms with van der Waals surface area (Å²) in [6.45, 7) is 0. The molecule has 1 aromatic carbocycles. The molecule has 25 heavy (non-hydrogen) atoms. The molecule has 0 saturated heterocycles. The number of hydrogen-bond donors (Lipinski definition) is 1. The Morgan fingerprint density at radius 2 is 1.16 bits per heavy atom. The summed E-state index contributed by atoms with van der Waals surface area (Å²) in [5.74, 6) is -13.1. The molecule has 1 rings (SSSR count). The summed E-state index contributed by atoms with van der Waals surface area (Å²) in [6, 6.07) is 4.13. The van der Waals surface area contributed by atoms with E-state index in [-0.39, 0.29) is 0 Å². The van der Waals surface area contributed by atoms with E-state index >= 15 is 0 Å². The number of halogens is 11. The lowest BCUT2D eigenvalue weighted by atomic mass is 10.0. The van der Waals surface area contributed by atoms with E-state index in [0.29, 0.717) is 12.1 Å². The van der Waals surface area contributed by atoms with E-state index in [4.69, 9.17) is 0 Å². The van der Waals surface area contributed by atoms with E-state index in [2.05, 4.69) is 4.74 Å². The molecule has 2 nitrogen and oxygen atoms in total. The minimum absolute atomic E-state index is 0.578. The molecule has 13 heteroatoms. The first-order valence-electron chi connectivity index (χ1n) is 5.98. The van der Waals surface area contributed by atoms with Gasteiger partial charge in [0.2, 0.25) is 0 Å². The third-order valence-corrected chi connectivity index (χ3v) is 2.85. The highest BCUT2D eigenvalue weighted by atomic mass is 19.4. The Bertz CT molecular complexity index is 581. The molecule has 0 fully saturated rings. The Morgan fingerprint density at radius 1 is 0.720 bits per heavy atom. The number of rotatable bonds is 5. The fourth-order valence-corrected chi connectivity index (χ4v) is 1.53. The minimum atomic E-state index is -7.17. The predicted molar refractivity (Wildman–Crippen MR) is 58.3 cm³/mol. The van der Waals surface area contributed by atoms with Gasteiger partial charge in [-0.25, -0.2) is 0 Å². The van der Waals surface area contributed by atoms with Crippen molar-refractivity contribution in [3.63, 3.8) is 0 Å². The summed E-state index contributed by atoms with van der Waals surface area (Å²) >= 11 is 0. The molecule has 0 heterocycles. The Labute approximate surface area is 131 Å². The zero-order valence-electron chi connectivity index (χ0n) is 11.5. The van der Waals surface area contributed by atoms with Crippen LogP contribution < -0.4 is 0 Å². The van der Waals surface area contributed by atoms with Gasteiger partial charge in [0.15, 0.2) is 0 Å². The molecule has 2 unspecified atom stereocenters. The van der Waals surface area contributed by atoms with E-state index in [1.54, 1.807) is 0 Å². The highest BCUT2D eigenvalue weighted by Gasteiger charge is 2.79. The largest absolute Gasteiger partial charge is 0.462 e. The second-order valence-electron chi connectivity index (χ2n) is 4.65. The second kappa shape index (κ2) is 6.27. The molecule has 2 atom stereocenters. The van der Waals surface area contributed by atoms with Gasteiger partial charge in [-0.15, -0.1) is 0 Å². The van der Waals surface area contributed by atoms with Crippen LogP contribution in [0, 0.1) is 0 Å². The molecular weight excluding hydrogens is 385 g/mol. The first-order chi connectivity index (χ1) is 11.0. The third kappa shape index (κ3) is 3.81. The van der Waals surface area contributed by atoms with Gasteiger partial charge < -0.3 is 5.11 Å². The van der Waals surface area contributed by atoms with Crippen molar-refractivity contribution in [3.8, 4) is 0 Å². The third-order valence-electron chi connectivity index (χ3n) is 2.85. The summed E-state index contributed by atoms with van der Waals surface area (Å²) in [6.07, 6.45) is -24.3. The molecule has 0 aromatic heterocycles. The van der Waals surface area contributed by atoms with E-state index in [9.17, 15) is 53.4 Å². The van der Waals surface area contributed by atoms with E-state index in [1.165, 1.54) is 0 Å². The van der Waals surface area contributed by atoms with Gasteiger partial charge in [-0.3, -0.25) is 4.74 Å². The summed E-state index contributed by atoms with van der Waals surface area (Å²) in [5.41, 5.74) is -1.06. The molecule has 0 aliphatic rings.